The molecule has 0 spiro atoms. The van der Waals surface area contributed by atoms with E-state index in [2.05, 4.69) is 15.9 Å². The van der Waals surface area contributed by atoms with Crippen molar-refractivity contribution in [2.24, 2.45) is 5.73 Å². The van der Waals surface area contributed by atoms with Crippen LogP contribution < -0.4 is 20.7 Å². The van der Waals surface area contributed by atoms with E-state index in [0.717, 1.165) is 12.1 Å². The summed E-state index contributed by atoms with van der Waals surface area (Å²) in [4.78, 5) is 14.5. The second-order valence-corrected chi connectivity index (χ2v) is 11.9. The van der Waals surface area contributed by atoms with Crippen LogP contribution in [0, 0.1) is 0 Å². The second-order valence-electron chi connectivity index (χ2n) is 9.33. The van der Waals surface area contributed by atoms with Gasteiger partial charge in [-0.1, -0.05) is 24.3 Å². The van der Waals surface area contributed by atoms with Gasteiger partial charge in [0.2, 0.25) is 5.91 Å². The minimum absolute atomic E-state index is 0.0295. The van der Waals surface area contributed by atoms with E-state index in [4.69, 9.17) is 5.73 Å². The summed E-state index contributed by atoms with van der Waals surface area (Å²) in [5, 5.41) is 1.87. The molecule has 1 saturated heterocycles. The third kappa shape index (κ3) is 5.59. The number of nitrogens with zero attached hydrogens (tertiary/aromatic N) is 1. The van der Waals surface area contributed by atoms with Crippen LogP contribution in [0.15, 0.2) is 53.4 Å². The number of amides is 1. The number of halogens is 5. The Morgan fingerprint density at radius 1 is 1.17 bits per heavy atom. The number of hydrogen-bond acceptors (Lipinski definition) is 5. The van der Waals surface area contributed by atoms with Crippen LogP contribution in [0.2, 0.25) is 0 Å². The van der Waals surface area contributed by atoms with Crippen LogP contribution in [0.4, 0.5) is 27.6 Å². The molecule has 1 amide bonds. The molecule has 12 heteroatoms. The Kier molecular flexibility index (Phi) is 6.49. The Balaban J connectivity index is 1.70. The zero-order valence-corrected chi connectivity index (χ0v) is 20.2. The predicted molar refractivity (Wildman–Crippen MR) is 126 cm³/mol. The third-order valence-electron chi connectivity index (χ3n) is 6.38. The number of carbonyl (C=O) groups excluding carboxylic acids is 1. The molecule has 0 radical (unpaired) electrons. The number of anilines is 1. The lowest BCUT2D eigenvalue weighted by Gasteiger charge is -2.27. The fourth-order valence-electron chi connectivity index (χ4n) is 4.36. The van der Waals surface area contributed by atoms with E-state index >= 15 is 0 Å². The van der Waals surface area contributed by atoms with Gasteiger partial charge in [0.1, 0.15) is 11.8 Å². The largest absolute Gasteiger partial charge is 0.573 e. The molecule has 1 saturated carbocycles. The lowest BCUT2D eigenvalue weighted by atomic mass is 10.1. The Hall–Kier alpha value is -2.86. The molecule has 2 aromatic carbocycles. The number of nitrogens with one attached hydrogen (secondary N) is 1. The van der Waals surface area contributed by atoms with E-state index in [-0.39, 0.29) is 23.5 Å². The highest BCUT2D eigenvalue weighted by Gasteiger charge is 2.47. The van der Waals surface area contributed by atoms with Gasteiger partial charge in [-0.3, -0.25) is 9.00 Å². The summed E-state index contributed by atoms with van der Waals surface area (Å²) in [6.45, 7) is 0.623. The standard InChI is InChI=1S/C24H26F5N3O3S/c1-22(25,26)18-8-3-4-9-20(18)36(2,34)17-13-19(21(33)31-23(30)10-11-23)32(14-17)15-6-5-7-16(12-15)35-24(27,28)29/h3-9,12,17,19H,2,10-11,13-14,30H2,1H3,(H,31,33). The van der Waals surface area contributed by atoms with Crippen molar-refractivity contribution in [1.82, 2.24) is 5.32 Å². The van der Waals surface area contributed by atoms with Gasteiger partial charge < -0.3 is 20.7 Å². The summed E-state index contributed by atoms with van der Waals surface area (Å²) in [6, 6.07) is 9.48. The van der Waals surface area contributed by atoms with Crippen molar-refractivity contribution in [3.8, 4) is 5.75 Å². The van der Waals surface area contributed by atoms with Crippen molar-refractivity contribution in [3.63, 3.8) is 0 Å². The summed E-state index contributed by atoms with van der Waals surface area (Å²) in [5.41, 5.74) is 4.94. The Labute approximate surface area is 205 Å². The maximum atomic E-state index is 14.3. The first-order chi connectivity index (χ1) is 16.6. The molecular formula is C24H26F5N3O3S. The van der Waals surface area contributed by atoms with Crippen molar-refractivity contribution in [2.75, 3.05) is 11.4 Å². The molecule has 2 aromatic rings. The number of ether oxygens (including phenoxy) is 1. The Bertz CT molecular complexity index is 1260. The predicted octanol–water partition coefficient (Wildman–Crippen LogP) is 3.98. The third-order valence-corrected chi connectivity index (χ3v) is 8.90. The molecule has 2 aliphatic rings. The molecule has 1 aliphatic carbocycles. The van der Waals surface area contributed by atoms with E-state index in [9.17, 15) is 31.0 Å². The van der Waals surface area contributed by atoms with Crippen molar-refractivity contribution in [3.05, 3.63) is 54.1 Å². The second kappa shape index (κ2) is 8.91. The topological polar surface area (TPSA) is 84.7 Å². The van der Waals surface area contributed by atoms with Crippen LogP contribution in [0.25, 0.3) is 0 Å². The van der Waals surface area contributed by atoms with E-state index < -0.39 is 56.0 Å². The maximum Gasteiger partial charge on any atom is 0.573 e. The molecule has 3 N–H and O–H groups in total. The average molecular weight is 532 g/mol. The number of rotatable bonds is 7. The van der Waals surface area contributed by atoms with Crippen LogP contribution in [0.5, 0.6) is 5.75 Å². The molecule has 6 nitrogen and oxygen atoms in total. The first-order valence-electron chi connectivity index (χ1n) is 11.2. The van der Waals surface area contributed by atoms with E-state index in [1.165, 1.54) is 41.3 Å². The highest BCUT2D eigenvalue weighted by atomic mass is 32.2. The molecule has 196 valence electrons. The lowest BCUT2D eigenvalue weighted by molar-refractivity contribution is -0.274. The summed E-state index contributed by atoms with van der Waals surface area (Å²) < 4.78 is 84.9. The first-order valence-corrected chi connectivity index (χ1v) is 12.9. The molecule has 1 aliphatic heterocycles. The molecule has 2 fully saturated rings. The summed E-state index contributed by atoms with van der Waals surface area (Å²) in [7, 11) is -3.37. The van der Waals surface area contributed by atoms with Crippen molar-refractivity contribution >= 4 is 27.0 Å². The van der Waals surface area contributed by atoms with Gasteiger partial charge in [-0.2, -0.15) is 0 Å². The quantitative estimate of drug-likeness (QED) is 0.321. The molecule has 1 heterocycles. The zero-order chi connectivity index (χ0) is 26.5. The van der Waals surface area contributed by atoms with Gasteiger partial charge >= 0.3 is 6.36 Å². The van der Waals surface area contributed by atoms with Gasteiger partial charge in [0, 0.05) is 45.2 Å². The van der Waals surface area contributed by atoms with E-state index in [1.54, 1.807) is 0 Å². The minimum atomic E-state index is -4.92. The van der Waals surface area contributed by atoms with Crippen molar-refractivity contribution in [1.29, 1.82) is 0 Å². The summed E-state index contributed by atoms with van der Waals surface area (Å²) >= 11 is 0. The maximum absolute atomic E-state index is 14.3. The Morgan fingerprint density at radius 3 is 2.44 bits per heavy atom. The lowest BCUT2D eigenvalue weighted by Crippen LogP contribution is -2.51. The fourth-order valence-corrected chi connectivity index (χ4v) is 6.55. The van der Waals surface area contributed by atoms with Crippen LogP contribution in [-0.4, -0.2) is 45.8 Å². The van der Waals surface area contributed by atoms with Crippen LogP contribution in [0.3, 0.4) is 0 Å². The Morgan fingerprint density at radius 2 is 1.83 bits per heavy atom. The van der Waals surface area contributed by atoms with Crippen molar-refractivity contribution in [2.45, 2.75) is 60.3 Å². The average Bonchev–Trinajstić information content (AvgIpc) is 3.31. The highest BCUT2D eigenvalue weighted by molar-refractivity contribution is 8.01. The number of hydrogen-bond donors (Lipinski definition) is 2. The molecule has 3 atom stereocenters. The monoisotopic (exact) mass is 531 g/mol. The van der Waals surface area contributed by atoms with Gasteiger partial charge in [-0.15, -0.1) is 13.2 Å². The molecular weight excluding hydrogens is 505 g/mol. The van der Waals surface area contributed by atoms with Crippen LogP contribution >= 0.6 is 0 Å². The SMILES string of the molecule is C=S(=O)(c1ccccc1C(C)(F)F)C1CC(C(=O)NC2(N)CC2)N(c2cccc(OC(F)(F)F)c2)C1. The molecule has 0 aromatic heterocycles. The summed E-state index contributed by atoms with van der Waals surface area (Å²) in [5.74, 6) is -0.466. The van der Waals surface area contributed by atoms with Gasteiger partial charge in [0.05, 0.1) is 10.9 Å². The van der Waals surface area contributed by atoms with E-state index in [1.807, 2.05) is 0 Å². The molecule has 36 heavy (non-hydrogen) atoms. The first kappa shape index (κ1) is 26.2. The van der Waals surface area contributed by atoms with E-state index in [0.29, 0.717) is 19.8 Å². The minimum Gasteiger partial charge on any atom is -0.406 e. The van der Waals surface area contributed by atoms with Gasteiger partial charge in [0.25, 0.3) is 5.92 Å². The summed E-state index contributed by atoms with van der Waals surface area (Å²) in [6.07, 6.45) is -3.82. The molecule has 3 unspecified atom stereocenters. The number of nitrogens with two attached hydrogens (primary N) is 1. The number of benzene rings is 2. The van der Waals surface area contributed by atoms with Gasteiger partial charge in [-0.05, 0) is 43.3 Å². The smallest absolute Gasteiger partial charge is 0.406 e. The molecule has 0 bridgehead atoms. The molecule has 4 rings (SSSR count). The normalized spacial score (nSPS) is 23.1. The van der Waals surface area contributed by atoms with Crippen molar-refractivity contribution < 1.29 is 35.7 Å². The van der Waals surface area contributed by atoms with Crippen LogP contribution in [-0.2, 0) is 20.2 Å². The highest BCUT2D eigenvalue weighted by Crippen LogP contribution is 2.39. The van der Waals surface area contributed by atoms with Gasteiger partial charge in [0.15, 0.2) is 0 Å². The fraction of sp³-hybridized carbons (Fsp3) is 0.417. The zero-order valence-electron chi connectivity index (χ0n) is 19.4. The number of alkyl halides is 5. The van der Waals surface area contributed by atoms with Crippen LogP contribution in [0.1, 0.15) is 31.7 Å². The van der Waals surface area contributed by atoms with Gasteiger partial charge in [-0.25, -0.2) is 8.78 Å². The number of carbonyl (C=O) groups is 1.